The first kappa shape index (κ1) is 67.8. The van der Waals surface area contributed by atoms with Crippen LogP contribution in [0.2, 0.25) is 0 Å². The van der Waals surface area contributed by atoms with Gasteiger partial charge in [0.05, 0.1) is 32.5 Å². The van der Waals surface area contributed by atoms with Crippen LogP contribution in [-0.2, 0) is 97.9 Å². The van der Waals surface area contributed by atoms with Gasteiger partial charge in [-0.3, -0.25) is 33.9 Å². The Kier molecular flexibility index (Phi) is 31.2. The summed E-state index contributed by atoms with van der Waals surface area (Å²) in [7, 11) is 0. The van der Waals surface area contributed by atoms with Crippen LogP contribution in [0.5, 0.6) is 0 Å². The molecule has 4 rings (SSSR count). The number of aliphatic hydroxyl groups excluding tert-OH is 1. The molecule has 83 heavy (non-hydrogen) atoms. The number of hydroxylamine groups is 1. The van der Waals surface area contributed by atoms with Crippen molar-refractivity contribution in [1.29, 1.82) is 0 Å². The van der Waals surface area contributed by atoms with Crippen molar-refractivity contribution >= 4 is 47.5 Å². The second-order valence-corrected chi connectivity index (χ2v) is 20.0. The highest BCUT2D eigenvalue weighted by molar-refractivity contribution is 5.89. The molecule has 0 fully saturated rings. The van der Waals surface area contributed by atoms with E-state index >= 15 is 0 Å². The topological polar surface area (TPSA) is 335 Å². The minimum atomic E-state index is -1.50. The number of nitrogens with one attached hydrogen (secondary N) is 6. The van der Waals surface area contributed by atoms with Gasteiger partial charge in [-0.1, -0.05) is 121 Å². The van der Waals surface area contributed by atoms with Crippen LogP contribution < -0.4 is 37.6 Å². The standard InChI is InChI=1S/C59H79N7O17/c1-59(2,3)83-54(71)36-62-55(72)46(60)24-28-50(67)61-32-33-77-34-35-78-41-66(76)65-47(56(73)64-49(58(75)82-40-45-22-14-7-15-23-45)27-31-53(70)80-38-43-18-10-5-11-19-43)25-29-51(68)63-48(57(74)81-39-44-20-12-6-13-21-44)26-30-52(69)79-37-42-16-8-4-9-17-42/h4-23,46-49,52,65-66,69H,24-41,60H2,1-3H3,(H,61,67)(H,62,72)(H,63,68)(H,64,73). The first-order valence-corrected chi connectivity index (χ1v) is 27.3. The normalized spacial score (nSPS) is 13.4. The van der Waals surface area contributed by atoms with Gasteiger partial charge in [0, 0.05) is 32.2 Å². The predicted octanol–water partition coefficient (Wildman–Crippen LogP) is 1.99. The summed E-state index contributed by atoms with van der Waals surface area (Å²) in [4.78, 5) is 105. The van der Waals surface area contributed by atoms with Gasteiger partial charge in [-0.05, 0) is 68.7 Å². The van der Waals surface area contributed by atoms with Gasteiger partial charge in [-0.25, -0.2) is 9.59 Å². The Bertz CT molecular complexity index is 2580. The van der Waals surface area contributed by atoms with Crippen molar-refractivity contribution in [2.45, 2.75) is 135 Å². The van der Waals surface area contributed by atoms with Gasteiger partial charge in [0.2, 0.25) is 23.6 Å². The lowest BCUT2D eigenvalue weighted by atomic mass is 10.1. The Hall–Kier alpha value is -7.68. The number of esters is 4. The van der Waals surface area contributed by atoms with Crippen LogP contribution in [0.4, 0.5) is 0 Å². The number of amides is 4. The van der Waals surface area contributed by atoms with Gasteiger partial charge < -0.3 is 70.5 Å². The highest BCUT2D eigenvalue weighted by Crippen LogP contribution is 2.13. The molecule has 0 saturated carbocycles. The number of ether oxygens (including phenoxy) is 7. The van der Waals surface area contributed by atoms with E-state index in [4.69, 9.17) is 38.9 Å². The van der Waals surface area contributed by atoms with Crippen molar-refractivity contribution in [2.24, 2.45) is 5.73 Å². The zero-order chi connectivity index (χ0) is 60.2. The van der Waals surface area contributed by atoms with E-state index < -0.39 is 102 Å². The molecule has 0 aromatic heterocycles. The summed E-state index contributed by atoms with van der Waals surface area (Å²) in [6.45, 7) is 3.95. The van der Waals surface area contributed by atoms with E-state index in [1.807, 2.05) is 36.4 Å². The second kappa shape index (κ2) is 38.2. The van der Waals surface area contributed by atoms with Gasteiger partial charge >= 0.3 is 23.9 Å². The summed E-state index contributed by atoms with van der Waals surface area (Å²) in [6, 6.07) is 30.4. The number of aliphatic hydroxyl groups is 1. The zero-order valence-electron chi connectivity index (χ0n) is 47.2. The van der Waals surface area contributed by atoms with Crippen molar-refractivity contribution in [2.75, 3.05) is 39.6 Å². The zero-order valence-corrected chi connectivity index (χ0v) is 47.2. The number of quaternary nitrogens is 1. The number of hydrogen-bond donors (Lipinski definition) is 8. The molecule has 4 amide bonds. The largest absolute Gasteiger partial charge is 0.611 e. The molecule has 0 bridgehead atoms. The van der Waals surface area contributed by atoms with Gasteiger partial charge in [-0.15, -0.1) is 0 Å². The fourth-order valence-electron chi connectivity index (χ4n) is 7.53. The van der Waals surface area contributed by atoms with Crippen LogP contribution in [-0.4, -0.2) is 128 Å². The van der Waals surface area contributed by atoms with Crippen LogP contribution in [0.3, 0.4) is 0 Å². The minimum Gasteiger partial charge on any atom is -0.611 e. The average molecular weight is 1160 g/mol. The first-order valence-electron chi connectivity index (χ1n) is 27.3. The van der Waals surface area contributed by atoms with Gasteiger partial charge in [0.25, 0.3) is 0 Å². The molecule has 0 spiro atoms. The summed E-state index contributed by atoms with van der Waals surface area (Å²) in [5.74, 6) is -5.65. The van der Waals surface area contributed by atoms with Crippen molar-refractivity contribution in [3.05, 3.63) is 149 Å². The van der Waals surface area contributed by atoms with E-state index in [0.29, 0.717) is 11.1 Å². The number of hydrogen-bond acceptors (Lipinski definition) is 19. The highest BCUT2D eigenvalue weighted by atomic mass is 16.6. The van der Waals surface area contributed by atoms with E-state index in [1.54, 1.807) is 106 Å². The van der Waals surface area contributed by atoms with Crippen molar-refractivity contribution < 1.29 is 81.8 Å². The van der Waals surface area contributed by atoms with Crippen LogP contribution in [0, 0.1) is 5.21 Å². The lowest BCUT2D eigenvalue weighted by molar-refractivity contribution is -0.918. The summed E-state index contributed by atoms with van der Waals surface area (Å²) < 4.78 is 38.2. The van der Waals surface area contributed by atoms with E-state index in [9.17, 15) is 48.7 Å². The van der Waals surface area contributed by atoms with Crippen LogP contribution in [0.25, 0.3) is 0 Å². The maximum atomic E-state index is 14.2. The van der Waals surface area contributed by atoms with Gasteiger partial charge in [-0.2, -0.15) is 5.43 Å². The molecular formula is C59H79N7O17. The minimum absolute atomic E-state index is 0.0109. The lowest BCUT2D eigenvalue weighted by Crippen LogP contribution is -3.15. The SMILES string of the molecule is CC(C)(C)OC(=O)CNC(=O)C(N)CCC(=O)NCCOCCOC[NH+]([O-])NC(CCC(=O)NC(CCC(O)OCc1ccccc1)C(=O)OCc1ccccc1)C(=O)NC(CCC(=O)OCc1ccccc1)C(=O)OCc1ccccc1. The van der Waals surface area contributed by atoms with Gasteiger partial charge in [0.1, 0.15) is 50.1 Å². The number of nitrogens with two attached hydrogens (primary N) is 1. The average Bonchev–Trinajstić information content (AvgIpc) is 3.49. The molecule has 452 valence electrons. The maximum Gasteiger partial charge on any atom is 0.328 e. The smallest absolute Gasteiger partial charge is 0.328 e. The fraction of sp³-hybridized carbons (Fsp3) is 0.458. The van der Waals surface area contributed by atoms with Crippen molar-refractivity contribution in [3.8, 4) is 0 Å². The van der Waals surface area contributed by atoms with E-state index in [0.717, 1.165) is 11.1 Å². The monoisotopic (exact) mass is 1160 g/mol. The number of carbonyl (C=O) groups excluding carboxylic acids is 8. The molecule has 6 atom stereocenters. The number of carbonyl (C=O) groups is 8. The molecule has 4 aromatic rings. The Balaban J connectivity index is 1.36. The summed E-state index contributed by atoms with van der Waals surface area (Å²) in [6.07, 6.45) is -2.97. The van der Waals surface area contributed by atoms with E-state index in [1.165, 1.54) is 0 Å². The molecule has 9 N–H and O–H groups in total. The van der Waals surface area contributed by atoms with E-state index in [2.05, 4.69) is 26.7 Å². The van der Waals surface area contributed by atoms with E-state index in [-0.39, 0.29) is 104 Å². The third kappa shape index (κ3) is 30.3. The number of benzene rings is 4. The molecule has 0 radical (unpaired) electrons. The molecule has 6 unspecified atom stereocenters. The molecule has 0 aliphatic carbocycles. The Morgan fingerprint density at radius 2 is 1.04 bits per heavy atom. The summed E-state index contributed by atoms with van der Waals surface area (Å²) in [5.41, 5.74) is 10.6. The third-order valence-corrected chi connectivity index (χ3v) is 11.9. The molecule has 24 heteroatoms. The highest BCUT2D eigenvalue weighted by Gasteiger charge is 2.31. The maximum absolute atomic E-state index is 14.2. The van der Waals surface area contributed by atoms with Crippen LogP contribution in [0.15, 0.2) is 121 Å². The molecule has 0 heterocycles. The Labute approximate surface area is 483 Å². The molecule has 0 saturated heterocycles. The van der Waals surface area contributed by atoms with Crippen LogP contribution in [0.1, 0.15) is 94.4 Å². The second-order valence-electron chi connectivity index (χ2n) is 20.0. The molecule has 24 nitrogen and oxygen atoms in total. The Morgan fingerprint density at radius 1 is 0.542 bits per heavy atom. The fourth-order valence-corrected chi connectivity index (χ4v) is 7.53. The molecule has 0 aliphatic heterocycles. The molecule has 4 aromatic carbocycles. The molecule has 0 aliphatic rings. The van der Waals surface area contributed by atoms with Gasteiger partial charge in [0.15, 0.2) is 13.0 Å². The molecular weight excluding hydrogens is 1080 g/mol. The summed E-state index contributed by atoms with van der Waals surface area (Å²) in [5, 5.41) is 33.5. The predicted molar refractivity (Wildman–Crippen MR) is 299 cm³/mol. The third-order valence-electron chi connectivity index (χ3n) is 11.9. The number of rotatable bonds is 39. The lowest BCUT2D eigenvalue weighted by Gasteiger charge is -2.28. The Morgan fingerprint density at radius 3 is 1.59 bits per heavy atom. The quantitative estimate of drug-likeness (QED) is 0.0104. The first-order chi connectivity index (χ1) is 39.8. The van der Waals surface area contributed by atoms with Crippen molar-refractivity contribution in [3.63, 3.8) is 0 Å². The summed E-state index contributed by atoms with van der Waals surface area (Å²) >= 11 is 0. The van der Waals surface area contributed by atoms with Crippen LogP contribution >= 0.6 is 0 Å². The van der Waals surface area contributed by atoms with Crippen molar-refractivity contribution in [1.82, 2.24) is 26.7 Å².